The van der Waals surface area contributed by atoms with Gasteiger partial charge >= 0.3 is 5.97 Å². The van der Waals surface area contributed by atoms with Crippen LogP contribution < -0.4 is 5.32 Å². The van der Waals surface area contributed by atoms with Gasteiger partial charge in [0.05, 0.1) is 5.56 Å². The Balaban J connectivity index is 1.93. The van der Waals surface area contributed by atoms with E-state index in [1.807, 2.05) is 24.3 Å². The highest BCUT2D eigenvalue weighted by Gasteiger charge is 2.20. The normalized spacial score (nSPS) is 22.1. The summed E-state index contributed by atoms with van der Waals surface area (Å²) in [6, 6.07) is 8.00. The number of benzene rings is 1. The molecule has 0 spiro atoms. The lowest BCUT2D eigenvalue weighted by molar-refractivity contribution is 0.0698. The van der Waals surface area contributed by atoms with Crippen LogP contribution in [0, 0.1) is 5.92 Å². The monoisotopic (exact) mass is 284 g/mol. The average Bonchev–Trinajstić information content (AvgIpc) is 2.49. The molecule has 1 aromatic carbocycles. The fourth-order valence-corrected chi connectivity index (χ4v) is 3.08. The zero-order chi connectivity index (χ0) is 14.8. The van der Waals surface area contributed by atoms with Crippen LogP contribution in [0.25, 0.3) is 10.8 Å². The number of aromatic carboxylic acids is 1. The summed E-state index contributed by atoms with van der Waals surface area (Å²) in [5, 5.41) is 14.4. The van der Waals surface area contributed by atoms with Crippen molar-refractivity contribution in [2.45, 2.75) is 38.6 Å². The van der Waals surface area contributed by atoms with Crippen LogP contribution in [0.5, 0.6) is 0 Å². The Morgan fingerprint density at radius 2 is 1.86 bits per heavy atom. The van der Waals surface area contributed by atoms with Gasteiger partial charge in [0.15, 0.2) is 0 Å². The topological polar surface area (TPSA) is 62.2 Å². The molecule has 4 nitrogen and oxygen atoms in total. The van der Waals surface area contributed by atoms with E-state index in [1.54, 1.807) is 0 Å². The van der Waals surface area contributed by atoms with Crippen LogP contribution in [-0.2, 0) is 0 Å². The third-order valence-corrected chi connectivity index (χ3v) is 4.38. The molecule has 4 heteroatoms. The summed E-state index contributed by atoms with van der Waals surface area (Å²) in [6.07, 6.45) is 6.24. The van der Waals surface area contributed by atoms with Gasteiger partial charge in [-0.1, -0.05) is 31.2 Å². The summed E-state index contributed by atoms with van der Waals surface area (Å²) in [6.45, 7) is 2.30. The van der Waals surface area contributed by atoms with Crippen LogP contribution in [-0.4, -0.2) is 22.1 Å². The molecule has 0 aliphatic heterocycles. The van der Waals surface area contributed by atoms with E-state index in [1.165, 1.54) is 19.0 Å². The lowest BCUT2D eigenvalue weighted by atomic mass is 9.87. The first-order chi connectivity index (χ1) is 10.1. The third kappa shape index (κ3) is 2.84. The van der Waals surface area contributed by atoms with Crippen LogP contribution in [0.2, 0.25) is 0 Å². The molecule has 0 bridgehead atoms. The van der Waals surface area contributed by atoms with Gasteiger partial charge in [0.2, 0.25) is 0 Å². The summed E-state index contributed by atoms with van der Waals surface area (Å²) in [7, 11) is 0. The minimum absolute atomic E-state index is 0.258. The zero-order valence-electron chi connectivity index (χ0n) is 12.2. The molecule has 1 aliphatic rings. The van der Waals surface area contributed by atoms with Gasteiger partial charge in [-0.2, -0.15) is 0 Å². The van der Waals surface area contributed by atoms with Crippen LogP contribution in [0.15, 0.2) is 30.5 Å². The number of nitrogens with zero attached hydrogens (tertiary/aromatic N) is 1. The van der Waals surface area contributed by atoms with Gasteiger partial charge in [-0.3, -0.25) is 0 Å². The Morgan fingerprint density at radius 1 is 1.19 bits per heavy atom. The predicted molar refractivity (Wildman–Crippen MR) is 83.7 cm³/mol. The van der Waals surface area contributed by atoms with Crippen molar-refractivity contribution in [3.63, 3.8) is 0 Å². The number of carboxylic acids is 1. The Morgan fingerprint density at radius 3 is 2.52 bits per heavy atom. The first-order valence-corrected chi connectivity index (χ1v) is 7.52. The quantitative estimate of drug-likeness (QED) is 0.896. The average molecular weight is 284 g/mol. The number of carbonyl (C=O) groups is 1. The van der Waals surface area contributed by atoms with Crippen molar-refractivity contribution in [1.29, 1.82) is 0 Å². The Hall–Kier alpha value is -2.10. The van der Waals surface area contributed by atoms with Gasteiger partial charge in [0.25, 0.3) is 0 Å². The van der Waals surface area contributed by atoms with E-state index in [0.717, 1.165) is 35.3 Å². The van der Waals surface area contributed by atoms with Crippen LogP contribution in [0.1, 0.15) is 43.0 Å². The summed E-state index contributed by atoms with van der Waals surface area (Å²) < 4.78 is 0. The number of pyridine rings is 1. The standard InChI is InChI=1S/C17H20N2O2/c1-11-6-8-12(9-7-11)19-16-14-5-3-2-4-13(14)15(10-18-16)17(20)21/h2-5,10-12H,6-9H2,1H3,(H,18,19)(H,20,21). The first kappa shape index (κ1) is 13.9. The summed E-state index contributed by atoms with van der Waals surface area (Å²) in [5.74, 6) is 0.675. The van der Waals surface area contributed by atoms with Crippen molar-refractivity contribution in [2.24, 2.45) is 5.92 Å². The van der Waals surface area contributed by atoms with Gasteiger partial charge in [0.1, 0.15) is 5.82 Å². The largest absolute Gasteiger partial charge is 0.478 e. The number of carboxylic acid groups (broad SMARTS) is 1. The van der Waals surface area contributed by atoms with Gasteiger partial charge in [-0.15, -0.1) is 0 Å². The molecule has 0 atom stereocenters. The highest BCUT2D eigenvalue weighted by Crippen LogP contribution is 2.29. The molecule has 1 fully saturated rings. The maximum Gasteiger partial charge on any atom is 0.337 e. The van der Waals surface area contributed by atoms with Crippen LogP contribution in [0.3, 0.4) is 0 Å². The molecular weight excluding hydrogens is 264 g/mol. The smallest absolute Gasteiger partial charge is 0.337 e. The fraction of sp³-hybridized carbons (Fsp3) is 0.412. The van der Waals surface area contributed by atoms with Crippen LogP contribution in [0.4, 0.5) is 5.82 Å². The highest BCUT2D eigenvalue weighted by atomic mass is 16.4. The third-order valence-electron chi connectivity index (χ3n) is 4.38. The van der Waals surface area contributed by atoms with E-state index in [0.29, 0.717) is 6.04 Å². The lowest BCUT2D eigenvalue weighted by Gasteiger charge is -2.27. The van der Waals surface area contributed by atoms with E-state index in [4.69, 9.17) is 0 Å². The molecule has 0 amide bonds. The number of fused-ring (bicyclic) bond motifs is 1. The summed E-state index contributed by atoms with van der Waals surface area (Å²) in [4.78, 5) is 15.6. The molecular formula is C17H20N2O2. The number of rotatable bonds is 3. The molecule has 0 unspecified atom stereocenters. The van der Waals surface area contributed by atoms with Gasteiger partial charge in [0, 0.05) is 23.0 Å². The Kier molecular flexibility index (Phi) is 3.78. The number of nitrogens with one attached hydrogen (secondary N) is 1. The molecule has 2 aromatic rings. The summed E-state index contributed by atoms with van der Waals surface area (Å²) >= 11 is 0. The van der Waals surface area contributed by atoms with E-state index in [9.17, 15) is 9.90 Å². The number of aromatic nitrogens is 1. The maximum absolute atomic E-state index is 11.3. The van der Waals surface area contributed by atoms with Crippen molar-refractivity contribution in [2.75, 3.05) is 5.32 Å². The van der Waals surface area contributed by atoms with E-state index in [-0.39, 0.29) is 5.56 Å². The van der Waals surface area contributed by atoms with E-state index >= 15 is 0 Å². The number of anilines is 1. The summed E-state index contributed by atoms with van der Waals surface area (Å²) in [5.41, 5.74) is 0.258. The van der Waals surface area contributed by atoms with Crippen molar-refractivity contribution in [3.05, 3.63) is 36.0 Å². The molecule has 3 rings (SSSR count). The number of hydrogen-bond donors (Lipinski definition) is 2. The van der Waals surface area contributed by atoms with E-state index < -0.39 is 5.97 Å². The molecule has 0 radical (unpaired) electrons. The maximum atomic E-state index is 11.3. The molecule has 110 valence electrons. The Bertz CT molecular complexity index is 661. The first-order valence-electron chi connectivity index (χ1n) is 7.52. The molecule has 1 heterocycles. The molecule has 1 aromatic heterocycles. The second-order valence-corrected chi connectivity index (χ2v) is 5.97. The zero-order valence-corrected chi connectivity index (χ0v) is 12.2. The predicted octanol–water partition coefficient (Wildman–Crippen LogP) is 3.92. The van der Waals surface area contributed by atoms with Crippen molar-refractivity contribution < 1.29 is 9.90 Å². The second kappa shape index (κ2) is 5.72. The molecule has 0 saturated heterocycles. The second-order valence-electron chi connectivity index (χ2n) is 5.97. The van der Waals surface area contributed by atoms with Crippen LogP contribution >= 0.6 is 0 Å². The van der Waals surface area contributed by atoms with Crippen molar-refractivity contribution in [1.82, 2.24) is 4.98 Å². The molecule has 2 N–H and O–H groups in total. The van der Waals surface area contributed by atoms with Crippen molar-refractivity contribution >= 4 is 22.6 Å². The van der Waals surface area contributed by atoms with Gasteiger partial charge in [-0.25, -0.2) is 9.78 Å². The highest BCUT2D eigenvalue weighted by molar-refractivity contribution is 6.06. The minimum Gasteiger partial charge on any atom is -0.478 e. The molecule has 1 saturated carbocycles. The van der Waals surface area contributed by atoms with Gasteiger partial charge in [-0.05, 0) is 31.6 Å². The fourth-order valence-electron chi connectivity index (χ4n) is 3.08. The van der Waals surface area contributed by atoms with Crippen molar-refractivity contribution in [3.8, 4) is 0 Å². The SMILES string of the molecule is CC1CCC(Nc2ncc(C(=O)O)c3ccccc23)CC1. The Labute approximate surface area is 124 Å². The number of hydrogen-bond acceptors (Lipinski definition) is 3. The van der Waals surface area contributed by atoms with Gasteiger partial charge < -0.3 is 10.4 Å². The minimum atomic E-state index is -0.934. The lowest BCUT2D eigenvalue weighted by Crippen LogP contribution is -2.25. The van der Waals surface area contributed by atoms with E-state index in [2.05, 4.69) is 17.2 Å². The molecule has 1 aliphatic carbocycles. The molecule has 21 heavy (non-hydrogen) atoms.